The molecular weight excluding hydrogens is 326 g/mol. The van der Waals surface area contributed by atoms with E-state index < -0.39 is 0 Å². The van der Waals surface area contributed by atoms with Crippen LogP contribution in [0.2, 0.25) is 0 Å². The summed E-state index contributed by atoms with van der Waals surface area (Å²) >= 11 is 3.48. The first kappa shape index (κ1) is 13.9. The van der Waals surface area contributed by atoms with Gasteiger partial charge in [0.15, 0.2) is 0 Å². The Bertz CT molecular complexity index is 806. The maximum Gasteiger partial charge on any atom is 0.127 e. The van der Waals surface area contributed by atoms with Crippen LogP contribution in [0.25, 0.3) is 16.9 Å². The molecule has 0 saturated heterocycles. The number of anilines is 1. The summed E-state index contributed by atoms with van der Waals surface area (Å²) in [6.45, 7) is 4.13. The highest BCUT2D eigenvalue weighted by molar-refractivity contribution is 9.10. The van der Waals surface area contributed by atoms with Gasteiger partial charge in [-0.25, -0.2) is 4.68 Å². The summed E-state index contributed by atoms with van der Waals surface area (Å²) in [5, 5.41) is 4.68. The molecule has 0 spiro atoms. The number of aromatic nitrogens is 2. The number of halogens is 1. The van der Waals surface area contributed by atoms with Gasteiger partial charge in [-0.05, 0) is 43.2 Å². The molecule has 1 aromatic heterocycles. The van der Waals surface area contributed by atoms with Gasteiger partial charge in [-0.3, -0.25) is 0 Å². The van der Waals surface area contributed by atoms with Crippen LogP contribution in [-0.4, -0.2) is 9.78 Å². The first-order valence-corrected chi connectivity index (χ1v) is 7.53. The van der Waals surface area contributed by atoms with Crippen molar-refractivity contribution in [3.8, 4) is 16.9 Å². The number of aryl methyl sites for hydroxylation is 2. The standard InChI is InChI=1S/C17H16BrN3/c1-11-5-3-4-6-14(11)15-10-17(19)21(20-15)16-8-7-13(18)9-12(16)2/h3-10H,19H2,1-2H3. The van der Waals surface area contributed by atoms with E-state index in [2.05, 4.69) is 53.1 Å². The van der Waals surface area contributed by atoms with E-state index in [1.54, 1.807) is 4.68 Å². The summed E-state index contributed by atoms with van der Waals surface area (Å²) in [6, 6.07) is 16.2. The monoisotopic (exact) mass is 341 g/mol. The third-order valence-corrected chi connectivity index (χ3v) is 4.04. The van der Waals surface area contributed by atoms with Crippen LogP contribution in [0.3, 0.4) is 0 Å². The van der Waals surface area contributed by atoms with Crippen molar-refractivity contribution in [3.63, 3.8) is 0 Å². The van der Waals surface area contributed by atoms with Gasteiger partial charge >= 0.3 is 0 Å². The summed E-state index contributed by atoms with van der Waals surface area (Å²) in [5.74, 6) is 0.638. The molecule has 3 aromatic rings. The molecule has 3 nitrogen and oxygen atoms in total. The Morgan fingerprint density at radius 1 is 1.00 bits per heavy atom. The zero-order valence-electron chi connectivity index (χ0n) is 12.0. The minimum atomic E-state index is 0.638. The molecule has 0 radical (unpaired) electrons. The van der Waals surface area contributed by atoms with Gasteiger partial charge in [-0.1, -0.05) is 40.2 Å². The number of nitrogen functional groups attached to an aromatic ring is 1. The minimum absolute atomic E-state index is 0.638. The van der Waals surface area contributed by atoms with Crippen molar-refractivity contribution in [2.75, 3.05) is 5.73 Å². The van der Waals surface area contributed by atoms with Crippen LogP contribution < -0.4 is 5.73 Å². The van der Waals surface area contributed by atoms with E-state index in [0.29, 0.717) is 5.82 Å². The van der Waals surface area contributed by atoms with Crippen molar-refractivity contribution in [2.45, 2.75) is 13.8 Å². The SMILES string of the molecule is Cc1ccccc1-c1cc(N)n(-c2ccc(Br)cc2C)n1. The Hall–Kier alpha value is -2.07. The topological polar surface area (TPSA) is 43.8 Å². The second kappa shape index (κ2) is 5.37. The molecule has 3 rings (SSSR count). The fraction of sp³-hybridized carbons (Fsp3) is 0.118. The van der Waals surface area contributed by atoms with Crippen LogP contribution in [0.1, 0.15) is 11.1 Å². The predicted molar refractivity (Wildman–Crippen MR) is 90.6 cm³/mol. The van der Waals surface area contributed by atoms with Crippen molar-refractivity contribution in [1.29, 1.82) is 0 Å². The zero-order chi connectivity index (χ0) is 15.0. The lowest BCUT2D eigenvalue weighted by atomic mass is 10.1. The molecule has 1 heterocycles. The first-order chi connectivity index (χ1) is 10.1. The molecule has 0 unspecified atom stereocenters. The number of nitrogens with zero attached hydrogens (tertiary/aromatic N) is 2. The Morgan fingerprint density at radius 3 is 2.48 bits per heavy atom. The van der Waals surface area contributed by atoms with Crippen LogP contribution in [0.5, 0.6) is 0 Å². The van der Waals surface area contributed by atoms with Crippen LogP contribution in [0, 0.1) is 13.8 Å². The first-order valence-electron chi connectivity index (χ1n) is 6.74. The fourth-order valence-electron chi connectivity index (χ4n) is 2.44. The lowest BCUT2D eigenvalue weighted by Gasteiger charge is -2.08. The molecule has 0 fully saturated rings. The average Bonchev–Trinajstić information content (AvgIpc) is 2.81. The summed E-state index contributed by atoms with van der Waals surface area (Å²) in [6.07, 6.45) is 0. The molecule has 2 N–H and O–H groups in total. The number of benzene rings is 2. The lowest BCUT2D eigenvalue weighted by Crippen LogP contribution is -2.03. The van der Waals surface area contributed by atoms with Gasteiger partial charge in [0.2, 0.25) is 0 Å². The summed E-state index contributed by atoms with van der Waals surface area (Å²) in [4.78, 5) is 0. The molecule has 21 heavy (non-hydrogen) atoms. The normalized spacial score (nSPS) is 10.8. The second-order valence-electron chi connectivity index (χ2n) is 5.11. The largest absolute Gasteiger partial charge is 0.384 e. The van der Waals surface area contributed by atoms with E-state index in [1.807, 2.05) is 30.3 Å². The molecule has 0 aliphatic rings. The van der Waals surface area contributed by atoms with Crippen molar-refractivity contribution in [2.24, 2.45) is 0 Å². The van der Waals surface area contributed by atoms with Crippen molar-refractivity contribution in [3.05, 3.63) is 64.1 Å². The Labute approximate surface area is 132 Å². The van der Waals surface area contributed by atoms with E-state index >= 15 is 0 Å². The molecular formula is C17H16BrN3. The molecule has 0 bridgehead atoms. The third-order valence-electron chi connectivity index (χ3n) is 3.54. The number of hydrogen-bond donors (Lipinski definition) is 1. The van der Waals surface area contributed by atoms with Crippen molar-refractivity contribution < 1.29 is 0 Å². The number of nitrogens with two attached hydrogens (primary N) is 1. The fourth-order valence-corrected chi connectivity index (χ4v) is 2.91. The van der Waals surface area contributed by atoms with Gasteiger partial charge in [0.05, 0.1) is 11.4 Å². The molecule has 0 aliphatic heterocycles. The molecule has 2 aromatic carbocycles. The van der Waals surface area contributed by atoms with E-state index in [1.165, 1.54) is 5.56 Å². The maximum absolute atomic E-state index is 6.16. The lowest BCUT2D eigenvalue weighted by molar-refractivity contribution is 0.886. The predicted octanol–water partition coefficient (Wildman–Crippen LogP) is 4.50. The van der Waals surface area contributed by atoms with Crippen LogP contribution >= 0.6 is 15.9 Å². The van der Waals surface area contributed by atoms with Gasteiger partial charge in [0, 0.05) is 16.1 Å². The molecule has 0 saturated carbocycles. The quantitative estimate of drug-likeness (QED) is 0.745. The number of hydrogen-bond acceptors (Lipinski definition) is 2. The maximum atomic E-state index is 6.16. The zero-order valence-corrected chi connectivity index (χ0v) is 13.6. The summed E-state index contributed by atoms with van der Waals surface area (Å²) < 4.78 is 2.84. The van der Waals surface area contributed by atoms with E-state index in [0.717, 1.165) is 27.0 Å². The van der Waals surface area contributed by atoms with Gasteiger partial charge < -0.3 is 5.73 Å². The van der Waals surface area contributed by atoms with E-state index in [-0.39, 0.29) is 0 Å². The van der Waals surface area contributed by atoms with Crippen molar-refractivity contribution in [1.82, 2.24) is 9.78 Å². The Balaban J connectivity index is 2.12. The highest BCUT2D eigenvalue weighted by Crippen LogP contribution is 2.27. The molecule has 0 atom stereocenters. The Kier molecular flexibility index (Phi) is 3.55. The van der Waals surface area contributed by atoms with Crippen LogP contribution in [-0.2, 0) is 0 Å². The third kappa shape index (κ3) is 2.59. The van der Waals surface area contributed by atoms with Crippen LogP contribution in [0.4, 0.5) is 5.82 Å². The van der Waals surface area contributed by atoms with E-state index in [9.17, 15) is 0 Å². The molecule has 106 valence electrons. The highest BCUT2D eigenvalue weighted by Gasteiger charge is 2.12. The second-order valence-corrected chi connectivity index (χ2v) is 6.03. The highest BCUT2D eigenvalue weighted by atomic mass is 79.9. The average molecular weight is 342 g/mol. The van der Waals surface area contributed by atoms with Gasteiger partial charge in [-0.15, -0.1) is 0 Å². The summed E-state index contributed by atoms with van der Waals surface area (Å²) in [7, 11) is 0. The Morgan fingerprint density at radius 2 is 1.76 bits per heavy atom. The minimum Gasteiger partial charge on any atom is -0.384 e. The van der Waals surface area contributed by atoms with E-state index in [4.69, 9.17) is 5.73 Å². The smallest absolute Gasteiger partial charge is 0.127 e. The number of rotatable bonds is 2. The molecule has 0 amide bonds. The molecule has 4 heteroatoms. The van der Waals surface area contributed by atoms with Gasteiger partial charge in [0.1, 0.15) is 5.82 Å². The van der Waals surface area contributed by atoms with Gasteiger partial charge in [-0.2, -0.15) is 5.10 Å². The summed E-state index contributed by atoms with van der Waals surface area (Å²) in [5.41, 5.74) is 11.5. The van der Waals surface area contributed by atoms with Crippen molar-refractivity contribution >= 4 is 21.7 Å². The van der Waals surface area contributed by atoms with Gasteiger partial charge in [0.25, 0.3) is 0 Å². The van der Waals surface area contributed by atoms with Crippen LogP contribution in [0.15, 0.2) is 53.0 Å². The molecule has 0 aliphatic carbocycles.